The molecule has 0 amide bonds. The molecule has 0 bridgehead atoms. The van der Waals surface area contributed by atoms with Gasteiger partial charge in [0.1, 0.15) is 12.0 Å². The first kappa shape index (κ1) is 10.9. The Bertz CT molecular complexity index is 414. The fourth-order valence-corrected chi connectivity index (χ4v) is 2.05. The Morgan fingerprint density at radius 2 is 2.25 bits per heavy atom. The van der Waals surface area contributed by atoms with Crippen molar-refractivity contribution in [2.75, 3.05) is 5.32 Å². The number of rotatable bonds is 3. The Morgan fingerprint density at radius 1 is 1.56 bits per heavy atom. The first-order valence-corrected chi connectivity index (χ1v) is 5.44. The van der Waals surface area contributed by atoms with E-state index in [1.165, 1.54) is 6.20 Å². The lowest BCUT2D eigenvalue weighted by Crippen LogP contribution is -2.34. The largest absolute Gasteiger partial charge is 0.367 e. The molecule has 0 aliphatic heterocycles. The Kier molecular flexibility index (Phi) is 2.77. The molecule has 1 aromatic rings. The summed E-state index contributed by atoms with van der Waals surface area (Å²) in [7, 11) is 0. The quantitative estimate of drug-likeness (QED) is 0.629. The number of pyridine rings is 1. The Hall–Kier alpha value is -1.65. The smallest absolute Gasteiger partial charge is 0.290 e. The number of aryl methyl sites for hydroxylation is 1. The molecular formula is C11H15N3O2. The summed E-state index contributed by atoms with van der Waals surface area (Å²) in [6, 6.07) is 2.21. The van der Waals surface area contributed by atoms with E-state index in [-0.39, 0.29) is 5.69 Å². The topological polar surface area (TPSA) is 68.1 Å². The highest BCUT2D eigenvalue weighted by molar-refractivity contribution is 5.47. The van der Waals surface area contributed by atoms with Crippen LogP contribution in [-0.2, 0) is 0 Å². The van der Waals surface area contributed by atoms with Gasteiger partial charge in [0.25, 0.3) is 5.69 Å². The number of nitro groups is 1. The second kappa shape index (κ2) is 4.08. The summed E-state index contributed by atoms with van der Waals surface area (Å²) in [6.07, 6.45) is 3.62. The second-order valence-corrected chi connectivity index (χ2v) is 4.53. The van der Waals surface area contributed by atoms with Crippen LogP contribution in [0.5, 0.6) is 0 Å². The summed E-state index contributed by atoms with van der Waals surface area (Å²) in [6.45, 7) is 3.95. The van der Waals surface area contributed by atoms with Gasteiger partial charge in [0.05, 0.1) is 4.92 Å². The zero-order chi connectivity index (χ0) is 11.7. The van der Waals surface area contributed by atoms with E-state index in [1.54, 1.807) is 13.0 Å². The maximum atomic E-state index is 10.6. The third kappa shape index (κ3) is 2.13. The molecule has 1 heterocycles. The molecule has 0 saturated heterocycles. The molecule has 0 atom stereocenters. The van der Waals surface area contributed by atoms with Crippen LogP contribution in [0.15, 0.2) is 12.3 Å². The van der Waals surface area contributed by atoms with Gasteiger partial charge in [0.2, 0.25) is 0 Å². The Balaban J connectivity index is 2.06. The van der Waals surface area contributed by atoms with Gasteiger partial charge in [-0.15, -0.1) is 0 Å². The number of anilines is 1. The van der Waals surface area contributed by atoms with Crippen molar-refractivity contribution in [2.24, 2.45) is 5.92 Å². The number of nitrogens with zero attached hydrogens (tertiary/aromatic N) is 2. The van der Waals surface area contributed by atoms with Crippen molar-refractivity contribution in [1.82, 2.24) is 4.98 Å². The maximum Gasteiger partial charge on any atom is 0.290 e. The van der Waals surface area contributed by atoms with Crippen molar-refractivity contribution in [1.29, 1.82) is 0 Å². The van der Waals surface area contributed by atoms with Crippen LogP contribution in [0.4, 0.5) is 11.5 Å². The van der Waals surface area contributed by atoms with Crippen molar-refractivity contribution < 1.29 is 4.92 Å². The number of hydrogen-bond acceptors (Lipinski definition) is 4. The summed E-state index contributed by atoms with van der Waals surface area (Å²) in [5, 5.41) is 13.9. The molecule has 0 spiro atoms. The van der Waals surface area contributed by atoms with Gasteiger partial charge in [-0.05, 0) is 31.7 Å². The zero-order valence-electron chi connectivity index (χ0n) is 9.43. The summed E-state index contributed by atoms with van der Waals surface area (Å²) in [5.41, 5.74) is 0.724. The normalized spacial score (nSPS) is 23.6. The average molecular weight is 221 g/mol. The number of hydrogen-bond donors (Lipinski definition) is 1. The van der Waals surface area contributed by atoms with Gasteiger partial charge < -0.3 is 5.32 Å². The maximum absolute atomic E-state index is 10.6. The van der Waals surface area contributed by atoms with Crippen LogP contribution in [0.3, 0.4) is 0 Å². The van der Waals surface area contributed by atoms with E-state index >= 15 is 0 Å². The molecule has 16 heavy (non-hydrogen) atoms. The van der Waals surface area contributed by atoms with Gasteiger partial charge in [0, 0.05) is 11.6 Å². The van der Waals surface area contributed by atoms with Crippen LogP contribution >= 0.6 is 0 Å². The second-order valence-electron chi connectivity index (χ2n) is 4.53. The average Bonchev–Trinajstić information content (AvgIpc) is 2.15. The van der Waals surface area contributed by atoms with Crippen LogP contribution in [0.2, 0.25) is 0 Å². The van der Waals surface area contributed by atoms with E-state index in [4.69, 9.17) is 0 Å². The fourth-order valence-electron chi connectivity index (χ4n) is 2.05. The van der Waals surface area contributed by atoms with Gasteiger partial charge in [-0.1, -0.05) is 6.92 Å². The molecule has 1 aromatic heterocycles. The Labute approximate surface area is 94.0 Å². The first-order valence-electron chi connectivity index (χ1n) is 5.44. The molecule has 0 aromatic carbocycles. The summed E-state index contributed by atoms with van der Waals surface area (Å²) in [4.78, 5) is 14.3. The molecule has 5 heteroatoms. The SMILES string of the molecule is Cc1cc(NC2CC(C)C2)ncc1[N+](=O)[O-]. The van der Waals surface area contributed by atoms with Gasteiger partial charge in [-0.25, -0.2) is 4.98 Å². The first-order chi connectivity index (χ1) is 7.56. The minimum Gasteiger partial charge on any atom is -0.367 e. The van der Waals surface area contributed by atoms with Gasteiger partial charge >= 0.3 is 0 Å². The molecule has 0 unspecified atom stereocenters. The van der Waals surface area contributed by atoms with Crippen LogP contribution < -0.4 is 5.32 Å². The monoisotopic (exact) mass is 221 g/mol. The van der Waals surface area contributed by atoms with Crippen LogP contribution in [0.1, 0.15) is 25.3 Å². The van der Waals surface area contributed by atoms with E-state index in [9.17, 15) is 10.1 Å². The molecule has 1 aliphatic carbocycles. The molecule has 2 rings (SSSR count). The van der Waals surface area contributed by atoms with Crippen LogP contribution in [0, 0.1) is 23.0 Å². The summed E-state index contributed by atoms with van der Waals surface area (Å²) >= 11 is 0. The van der Waals surface area contributed by atoms with Crippen molar-refractivity contribution >= 4 is 11.5 Å². The summed E-state index contributed by atoms with van der Waals surface area (Å²) < 4.78 is 0. The highest BCUT2D eigenvalue weighted by atomic mass is 16.6. The van der Waals surface area contributed by atoms with E-state index < -0.39 is 4.92 Å². The third-order valence-corrected chi connectivity index (χ3v) is 3.01. The fraction of sp³-hybridized carbons (Fsp3) is 0.545. The molecule has 1 fully saturated rings. The minimum absolute atomic E-state index is 0.0764. The van der Waals surface area contributed by atoms with E-state index in [0.717, 1.165) is 24.6 Å². The number of aromatic nitrogens is 1. The highest BCUT2D eigenvalue weighted by Gasteiger charge is 2.25. The van der Waals surface area contributed by atoms with E-state index in [1.807, 2.05) is 0 Å². The van der Waals surface area contributed by atoms with E-state index in [2.05, 4.69) is 17.2 Å². The third-order valence-electron chi connectivity index (χ3n) is 3.01. The molecular weight excluding hydrogens is 206 g/mol. The molecule has 1 N–H and O–H groups in total. The zero-order valence-corrected chi connectivity index (χ0v) is 9.43. The van der Waals surface area contributed by atoms with Crippen LogP contribution in [-0.4, -0.2) is 15.9 Å². The highest BCUT2D eigenvalue weighted by Crippen LogP contribution is 2.29. The molecule has 1 aliphatic rings. The summed E-state index contributed by atoms with van der Waals surface area (Å²) in [5.74, 6) is 1.51. The lowest BCUT2D eigenvalue weighted by atomic mass is 9.82. The van der Waals surface area contributed by atoms with Crippen molar-refractivity contribution in [3.05, 3.63) is 27.9 Å². The predicted octanol–water partition coefficient (Wildman–Crippen LogP) is 2.51. The van der Waals surface area contributed by atoms with E-state index in [0.29, 0.717) is 11.6 Å². The van der Waals surface area contributed by atoms with Gasteiger partial charge in [0.15, 0.2) is 0 Å². The van der Waals surface area contributed by atoms with Gasteiger partial charge in [-0.2, -0.15) is 0 Å². The van der Waals surface area contributed by atoms with Crippen molar-refractivity contribution in [3.8, 4) is 0 Å². The van der Waals surface area contributed by atoms with Gasteiger partial charge in [-0.3, -0.25) is 10.1 Å². The minimum atomic E-state index is -0.405. The van der Waals surface area contributed by atoms with Crippen molar-refractivity contribution in [3.63, 3.8) is 0 Å². The standard InChI is InChI=1S/C11H15N3O2/c1-7-3-9(4-7)13-11-5-8(2)10(6-12-11)14(15)16/h5-7,9H,3-4H2,1-2H3,(H,12,13). The van der Waals surface area contributed by atoms with Crippen molar-refractivity contribution in [2.45, 2.75) is 32.7 Å². The molecule has 5 nitrogen and oxygen atoms in total. The lowest BCUT2D eigenvalue weighted by Gasteiger charge is -2.33. The molecule has 86 valence electrons. The Morgan fingerprint density at radius 3 is 2.75 bits per heavy atom. The lowest BCUT2D eigenvalue weighted by molar-refractivity contribution is -0.385. The molecule has 1 saturated carbocycles. The predicted molar refractivity (Wildman–Crippen MR) is 61.4 cm³/mol. The molecule has 0 radical (unpaired) electrons. The van der Waals surface area contributed by atoms with Crippen LogP contribution in [0.25, 0.3) is 0 Å². The number of nitrogens with one attached hydrogen (secondary N) is 1.